The minimum absolute atomic E-state index is 0.219. The van der Waals surface area contributed by atoms with E-state index in [1.807, 2.05) is 0 Å². The molecule has 0 saturated carbocycles. The van der Waals surface area contributed by atoms with Crippen molar-refractivity contribution in [2.45, 2.75) is 19.8 Å². The average Bonchev–Trinajstić information content (AvgIpc) is 2.61. The normalized spacial score (nSPS) is 11.1. The number of hydrogen-bond donors (Lipinski definition) is 0. The van der Waals surface area contributed by atoms with E-state index in [2.05, 4.69) is 34.8 Å². The molecule has 0 unspecified atom stereocenters. The van der Waals surface area contributed by atoms with E-state index in [4.69, 9.17) is 0 Å². The Morgan fingerprint density at radius 1 is 1.25 bits per heavy atom. The van der Waals surface area contributed by atoms with E-state index >= 15 is 0 Å². The van der Waals surface area contributed by atoms with Crippen LogP contribution in [0.2, 0.25) is 0 Å². The molecule has 16 heavy (non-hydrogen) atoms. The summed E-state index contributed by atoms with van der Waals surface area (Å²) >= 11 is 5.10. The van der Waals surface area contributed by atoms with Gasteiger partial charge in [-0.05, 0) is 46.1 Å². The van der Waals surface area contributed by atoms with E-state index in [-0.39, 0.29) is 5.82 Å². The summed E-state index contributed by atoms with van der Waals surface area (Å²) in [6.07, 6.45) is 0. The van der Waals surface area contributed by atoms with Gasteiger partial charge in [-0.15, -0.1) is 11.3 Å². The number of nitrogens with zero attached hydrogens (tertiary/aromatic N) is 1. The molecule has 0 aliphatic carbocycles. The topological polar surface area (TPSA) is 12.9 Å². The predicted molar refractivity (Wildman–Crippen MR) is 69.3 cm³/mol. The fourth-order valence-corrected chi connectivity index (χ4v) is 3.35. The van der Waals surface area contributed by atoms with Crippen LogP contribution in [0, 0.1) is 5.82 Å². The fourth-order valence-electron chi connectivity index (χ4n) is 1.39. The molecule has 0 radical (unpaired) electrons. The van der Waals surface area contributed by atoms with Crippen molar-refractivity contribution in [1.82, 2.24) is 4.98 Å². The molecule has 2 aromatic rings. The number of aromatic nitrogens is 1. The van der Waals surface area contributed by atoms with E-state index in [0.717, 1.165) is 20.1 Å². The summed E-state index contributed by atoms with van der Waals surface area (Å²) in [4.78, 5) is 4.56. The third kappa shape index (κ3) is 2.33. The molecule has 0 fully saturated rings. The summed E-state index contributed by atoms with van der Waals surface area (Å²) in [5.74, 6) is 0.170. The highest BCUT2D eigenvalue weighted by Gasteiger charge is 2.13. The Balaban J connectivity index is 2.41. The van der Waals surface area contributed by atoms with Gasteiger partial charge in [0.1, 0.15) is 10.8 Å². The van der Waals surface area contributed by atoms with E-state index < -0.39 is 0 Å². The van der Waals surface area contributed by atoms with Crippen molar-refractivity contribution in [2.24, 2.45) is 0 Å². The molecule has 0 N–H and O–H groups in total. The molecule has 1 heterocycles. The molecule has 0 aliphatic heterocycles. The van der Waals surface area contributed by atoms with E-state index in [0.29, 0.717) is 5.92 Å². The Hall–Kier alpha value is -0.740. The molecule has 0 spiro atoms. The summed E-state index contributed by atoms with van der Waals surface area (Å²) in [5, 5.41) is 0.926. The van der Waals surface area contributed by atoms with Crippen LogP contribution in [0.3, 0.4) is 0 Å². The van der Waals surface area contributed by atoms with Crippen LogP contribution in [0.5, 0.6) is 0 Å². The fraction of sp³-hybridized carbons (Fsp3) is 0.250. The average molecular weight is 300 g/mol. The van der Waals surface area contributed by atoms with Crippen molar-refractivity contribution in [2.75, 3.05) is 0 Å². The highest BCUT2D eigenvalue weighted by atomic mass is 79.9. The molecule has 0 saturated heterocycles. The SMILES string of the molecule is CC(C)c1nc(-c2ccc(F)cc2)sc1Br. The number of hydrogen-bond acceptors (Lipinski definition) is 2. The molecule has 0 aliphatic rings. The van der Waals surface area contributed by atoms with Gasteiger partial charge < -0.3 is 0 Å². The molecule has 1 aromatic carbocycles. The van der Waals surface area contributed by atoms with Crippen LogP contribution in [0.15, 0.2) is 28.1 Å². The highest BCUT2D eigenvalue weighted by Crippen LogP contribution is 2.35. The molecular formula is C12H11BrFNS. The zero-order valence-electron chi connectivity index (χ0n) is 9.00. The molecule has 0 bridgehead atoms. The third-order valence-electron chi connectivity index (χ3n) is 2.25. The maximum atomic E-state index is 12.8. The van der Waals surface area contributed by atoms with Crippen LogP contribution in [0.1, 0.15) is 25.5 Å². The summed E-state index contributed by atoms with van der Waals surface area (Å²) in [6, 6.07) is 6.43. The summed E-state index contributed by atoms with van der Waals surface area (Å²) in [5.41, 5.74) is 2.02. The van der Waals surface area contributed by atoms with Gasteiger partial charge in [0.25, 0.3) is 0 Å². The number of thiazole rings is 1. The van der Waals surface area contributed by atoms with Crippen molar-refractivity contribution >= 4 is 27.3 Å². The number of halogens is 2. The van der Waals surface area contributed by atoms with Crippen molar-refractivity contribution in [1.29, 1.82) is 0 Å². The lowest BCUT2D eigenvalue weighted by Crippen LogP contribution is -1.88. The maximum absolute atomic E-state index is 12.8. The van der Waals surface area contributed by atoms with Gasteiger partial charge in [-0.3, -0.25) is 0 Å². The molecule has 1 nitrogen and oxygen atoms in total. The summed E-state index contributed by atoms with van der Waals surface area (Å²) in [7, 11) is 0. The maximum Gasteiger partial charge on any atom is 0.124 e. The Labute approximate surface area is 106 Å². The standard InChI is InChI=1S/C12H11BrFNS/c1-7(2)10-11(13)16-12(15-10)8-3-5-9(14)6-4-8/h3-7H,1-2H3. The smallest absolute Gasteiger partial charge is 0.124 e. The Bertz CT molecular complexity index is 490. The highest BCUT2D eigenvalue weighted by molar-refractivity contribution is 9.11. The first-order valence-electron chi connectivity index (χ1n) is 5.00. The first-order valence-corrected chi connectivity index (χ1v) is 6.61. The summed E-state index contributed by atoms with van der Waals surface area (Å²) < 4.78 is 13.8. The lowest BCUT2D eigenvalue weighted by atomic mass is 10.1. The van der Waals surface area contributed by atoms with Gasteiger partial charge in [0, 0.05) is 5.56 Å². The van der Waals surface area contributed by atoms with Crippen molar-refractivity contribution in [3.8, 4) is 10.6 Å². The first-order chi connectivity index (χ1) is 7.58. The lowest BCUT2D eigenvalue weighted by molar-refractivity contribution is 0.628. The van der Waals surface area contributed by atoms with Gasteiger partial charge in [-0.25, -0.2) is 9.37 Å². The van der Waals surface area contributed by atoms with Crippen molar-refractivity contribution in [3.63, 3.8) is 0 Å². The Morgan fingerprint density at radius 3 is 2.38 bits per heavy atom. The lowest BCUT2D eigenvalue weighted by Gasteiger charge is -1.99. The minimum Gasteiger partial charge on any atom is -0.240 e. The van der Waals surface area contributed by atoms with Gasteiger partial charge in [0.2, 0.25) is 0 Å². The van der Waals surface area contributed by atoms with Crippen LogP contribution in [0.25, 0.3) is 10.6 Å². The molecule has 4 heteroatoms. The van der Waals surface area contributed by atoms with Crippen LogP contribution in [-0.4, -0.2) is 4.98 Å². The van der Waals surface area contributed by atoms with Gasteiger partial charge in [0.15, 0.2) is 0 Å². The van der Waals surface area contributed by atoms with E-state index in [1.54, 1.807) is 23.5 Å². The summed E-state index contributed by atoms with van der Waals surface area (Å²) in [6.45, 7) is 4.21. The van der Waals surface area contributed by atoms with Crippen LogP contribution in [-0.2, 0) is 0 Å². The second-order valence-electron chi connectivity index (χ2n) is 3.84. The quantitative estimate of drug-likeness (QED) is 0.773. The zero-order valence-corrected chi connectivity index (χ0v) is 11.4. The predicted octanol–water partition coefficient (Wildman–Crippen LogP) is 4.84. The zero-order chi connectivity index (χ0) is 11.7. The molecule has 2 rings (SSSR count). The van der Waals surface area contributed by atoms with Crippen molar-refractivity contribution < 1.29 is 4.39 Å². The molecular weight excluding hydrogens is 289 g/mol. The Kier molecular flexibility index (Phi) is 3.40. The largest absolute Gasteiger partial charge is 0.240 e. The van der Waals surface area contributed by atoms with Gasteiger partial charge in [0.05, 0.1) is 9.48 Å². The van der Waals surface area contributed by atoms with Crippen LogP contribution >= 0.6 is 27.3 Å². The number of benzene rings is 1. The van der Waals surface area contributed by atoms with Crippen molar-refractivity contribution in [3.05, 3.63) is 39.6 Å². The van der Waals surface area contributed by atoms with Crippen LogP contribution in [0.4, 0.5) is 4.39 Å². The van der Waals surface area contributed by atoms with Crippen LogP contribution < -0.4 is 0 Å². The van der Waals surface area contributed by atoms with E-state index in [9.17, 15) is 4.39 Å². The molecule has 0 atom stereocenters. The first kappa shape index (κ1) is 11.7. The second kappa shape index (κ2) is 4.63. The van der Waals surface area contributed by atoms with Gasteiger partial charge in [-0.1, -0.05) is 13.8 Å². The molecule has 0 amide bonds. The van der Waals surface area contributed by atoms with E-state index in [1.165, 1.54) is 12.1 Å². The minimum atomic E-state index is -0.219. The third-order valence-corrected chi connectivity index (χ3v) is 4.05. The second-order valence-corrected chi connectivity index (χ2v) is 6.16. The number of rotatable bonds is 2. The Morgan fingerprint density at radius 2 is 1.88 bits per heavy atom. The molecule has 1 aromatic heterocycles. The van der Waals surface area contributed by atoms with Gasteiger partial charge in [-0.2, -0.15) is 0 Å². The monoisotopic (exact) mass is 299 g/mol. The molecule has 84 valence electrons. The van der Waals surface area contributed by atoms with Gasteiger partial charge >= 0.3 is 0 Å².